The molecular weight excluding hydrogens is 248 g/mol. The lowest BCUT2D eigenvalue weighted by Gasteiger charge is -2.04. The first-order valence-electron chi connectivity index (χ1n) is 6.87. The second kappa shape index (κ2) is 5.37. The number of hydrogen-bond donors (Lipinski definition) is 1. The first-order chi connectivity index (χ1) is 9.70. The van der Waals surface area contributed by atoms with E-state index in [0.29, 0.717) is 0 Å². The topological polar surface area (TPSA) is 38.1 Å². The first kappa shape index (κ1) is 12.7. The van der Waals surface area contributed by atoms with Crippen LogP contribution in [0.5, 0.6) is 0 Å². The maximum absolute atomic E-state index is 5.75. The van der Waals surface area contributed by atoms with Crippen molar-refractivity contribution in [1.29, 1.82) is 0 Å². The zero-order valence-electron chi connectivity index (χ0n) is 11.8. The Morgan fingerprint density at radius 1 is 1.00 bits per heavy atom. The molecule has 3 rings (SSSR count). The van der Waals surface area contributed by atoms with Crippen molar-refractivity contribution in [1.82, 2.24) is 4.98 Å². The molecule has 20 heavy (non-hydrogen) atoms. The number of rotatable bonds is 4. The number of nitrogens with zero attached hydrogens (tertiary/aromatic N) is 1. The van der Waals surface area contributed by atoms with E-state index < -0.39 is 0 Å². The van der Waals surface area contributed by atoms with E-state index in [2.05, 4.69) is 54.5 Å². The van der Waals surface area contributed by atoms with E-state index in [1.54, 1.807) is 0 Å². The SMILES string of the molecule is Cc1ccc(NCCc2nc3ccc(C)cc3o2)cc1. The van der Waals surface area contributed by atoms with Crippen molar-refractivity contribution in [3.8, 4) is 0 Å². The first-order valence-corrected chi connectivity index (χ1v) is 6.87. The smallest absolute Gasteiger partial charge is 0.197 e. The highest BCUT2D eigenvalue weighted by atomic mass is 16.3. The standard InChI is InChI=1S/C17H18N2O/c1-12-3-6-14(7-4-12)18-10-9-17-19-15-8-5-13(2)11-16(15)20-17/h3-8,11,18H,9-10H2,1-2H3. The van der Waals surface area contributed by atoms with Gasteiger partial charge in [-0.25, -0.2) is 4.98 Å². The maximum Gasteiger partial charge on any atom is 0.197 e. The highest BCUT2D eigenvalue weighted by molar-refractivity contribution is 5.73. The van der Waals surface area contributed by atoms with Crippen LogP contribution in [-0.2, 0) is 6.42 Å². The molecule has 0 spiro atoms. The second-order valence-corrected chi connectivity index (χ2v) is 5.12. The Morgan fingerprint density at radius 2 is 1.75 bits per heavy atom. The highest BCUT2D eigenvalue weighted by Crippen LogP contribution is 2.17. The van der Waals surface area contributed by atoms with E-state index >= 15 is 0 Å². The number of aromatic nitrogens is 1. The number of benzene rings is 2. The van der Waals surface area contributed by atoms with Gasteiger partial charge in [0, 0.05) is 18.7 Å². The van der Waals surface area contributed by atoms with Crippen LogP contribution in [-0.4, -0.2) is 11.5 Å². The number of nitrogens with one attached hydrogen (secondary N) is 1. The van der Waals surface area contributed by atoms with Crippen molar-refractivity contribution in [2.45, 2.75) is 20.3 Å². The Labute approximate surface area is 118 Å². The third-order valence-electron chi connectivity index (χ3n) is 3.31. The van der Waals surface area contributed by atoms with Crippen molar-refractivity contribution in [2.24, 2.45) is 0 Å². The quantitative estimate of drug-likeness (QED) is 0.772. The normalized spacial score (nSPS) is 10.9. The number of aryl methyl sites for hydroxylation is 2. The molecule has 0 aliphatic rings. The minimum absolute atomic E-state index is 0.779. The molecule has 1 heterocycles. The molecule has 0 radical (unpaired) electrons. The van der Waals surface area contributed by atoms with Crippen LogP contribution in [0.1, 0.15) is 17.0 Å². The van der Waals surface area contributed by atoms with Crippen LogP contribution in [0.25, 0.3) is 11.1 Å². The van der Waals surface area contributed by atoms with Gasteiger partial charge in [-0.15, -0.1) is 0 Å². The largest absolute Gasteiger partial charge is 0.441 e. The molecule has 0 aliphatic carbocycles. The van der Waals surface area contributed by atoms with Gasteiger partial charge in [-0.05, 0) is 43.7 Å². The molecule has 0 saturated carbocycles. The summed E-state index contributed by atoms with van der Waals surface area (Å²) in [5.41, 5.74) is 5.39. The fourth-order valence-corrected chi connectivity index (χ4v) is 2.17. The number of fused-ring (bicyclic) bond motifs is 1. The summed E-state index contributed by atoms with van der Waals surface area (Å²) in [6.45, 7) is 4.96. The average Bonchev–Trinajstić information content (AvgIpc) is 2.83. The van der Waals surface area contributed by atoms with Gasteiger partial charge >= 0.3 is 0 Å². The molecule has 1 aromatic heterocycles. The summed E-state index contributed by atoms with van der Waals surface area (Å²) >= 11 is 0. The monoisotopic (exact) mass is 266 g/mol. The van der Waals surface area contributed by atoms with Crippen LogP contribution < -0.4 is 5.32 Å². The summed E-state index contributed by atoms with van der Waals surface area (Å²) in [6, 6.07) is 14.5. The highest BCUT2D eigenvalue weighted by Gasteiger charge is 2.05. The van der Waals surface area contributed by atoms with Crippen molar-refractivity contribution >= 4 is 16.8 Å². The number of hydrogen-bond acceptors (Lipinski definition) is 3. The van der Waals surface area contributed by atoms with E-state index in [9.17, 15) is 0 Å². The van der Waals surface area contributed by atoms with Crippen LogP contribution in [0.2, 0.25) is 0 Å². The molecule has 102 valence electrons. The van der Waals surface area contributed by atoms with Crippen LogP contribution in [0.3, 0.4) is 0 Å². The van der Waals surface area contributed by atoms with Crippen LogP contribution in [0.4, 0.5) is 5.69 Å². The molecule has 0 unspecified atom stereocenters. The molecule has 2 aromatic carbocycles. The minimum atomic E-state index is 0.779. The molecule has 3 aromatic rings. The van der Waals surface area contributed by atoms with Gasteiger partial charge in [0.1, 0.15) is 5.52 Å². The van der Waals surface area contributed by atoms with Gasteiger partial charge < -0.3 is 9.73 Å². The van der Waals surface area contributed by atoms with E-state index in [4.69, 9.17) is 4.42 Å². The van der Waals surface area contributed by atoms with Gasteiger partial charge in [0.2, 0.25) is 0 Å². The Bertz CT molecular complexity index is 713. The molecule has 3 nitrogen and oxygen atoms in total. The molecule has 0 aliphatic heterocycles. The van der Waals surface area contributed by atoms with Gasteiger partial charge in [-0.3, -0.25) is 0 Å². The predicted molar refractivity (Wildman–Crippen MR) is 82.1 cm³/mol. The molecule has 0 saturated heterocycles. The summed E-state index contributed by atoms with van der Waals surface area (Å²) < 4.78 is 5.75. The van der Waals surface area contributed by atoms with E-state index in [0.717, 1.165) is 35.6 Å². The molecule has 1 N–H and O–H groups in total. The summed E-state index contributed by atoms with van der Waals surface area (Å²) in [4.78, 5) is 4.49. The predicted octanol–water partition coefficient (Wildman–Crippen LogP) is 4.10. The third-order valence-corrected chi connectivity index (χ3v) is 3.31. The molecule has 0 fully saturated rings. The van der Waals surface area contributed by atoms with Crippen molar-refractivity contribution in [2.75, 3.05) is 11.9 Å². The van der Waals surface area contributed by atoms with Gasteiger partial charge in [-0.2, -0.15) is 0 Å². The van der Waals surface area contributed by atoms with Crippen molar-refractivity contribution in [3.63, 3.8) is 0 Å². The number of anilines is 1. The summed E-state index contributed by atoms with van der Waals surface area (Å²) in [5.74, 6) is 0.783. The lowest BCUT2D eigenvalue weighted by Crippen LogP contribution is -2.04. The van der Waals surface area contributed by atoms with Crippen molar-refractivity contribution < 1.29 is 4.42 Å². The summed E-state index contributed by atoms with van der Waals surface area (Å²) in [7, 11) is 0. The number of oxazole rings is 1. The van der Waals surface area contributed by atoms with Crippen LogP contribution >= 0.6 is 0 Å². The van der Waals surface area contributed by atoms with Crippen molar-refractivity contribution in [3.05, 3.63) is 59.5 Å². The third kappa shape index (κ3) is 2.82. The fraction of sp³-hybridized carbons (Fsp3) is 0.235. The Balaban J connectivity index is 1.63. The van der Waals surface area contributed by atoms with E-state index in [1.807, 2.05) is 12.1 Å². The van der Waals surface area contributed by atoms with Gasteiger partial charge in [0.05, 0.1) is 0 Å². The summed E-state index contributed by atoms with van der Waals surface area (Å²) in [5, 5.41) is 3.38. The maximum atomic E-state index is 5.75. The Kier molecular flexibility index (Phi) is 3.42. The molecular formula is C17H18N2O. The van der Waals surface area contributed by atoms with E-state index in [1.165, 1.54) is 11.1 Å². The lowest BCUT2D eigenvalue weighted by molar-refractivity contribution is 0.533. The minimum Gasteiger partial charge on any atom is -0.441 e. The van der Waals surface area contributed by atoms with E-state index in [-0.39, 0.29) is 0 Å². The molecule has 0 atom stereocenters. The Morgan fingerprint density at radius 3 is 2.55 bits per heavy atom. The van der Waals surface area contributed by atoms with Gasteiger partial charge in [0.15, 0.2) is 11.5 Å². The van der Waals surface area contributed by atoms with Crippen LogP contribution in [0.15, 0.2) is 46.9 Å². The van der Waals surface area contributed by atoms with Gasteiger partial charge in [0.25, 0.3) is 0 Å². The zero-order chi connectivity index (χ0) is 13.9. The molecule has 3 heteroatoms. The second-order valence-electron chi connectivity index (χ2n) is 5.12. The summed E-state index contributed by atoms with van der Waals surface area (Å²) in [6.07, 6.45) is 0.779. The lowest BCUT2D eigenvalue weighted by atomic mass is 10.2. The Hall–Kier alpha value is -2.29. The van der Waals surface area contributed by atoms with Crippen LogP contribution in [0, 0.1) is 13.8 Å². The molecule has 0 amide bonds. The zero-order valence-corrected chi connectivity index (χ0v) is 11.8. The average molecular weight is 266 g/mol. The van der Waals surface area contributed by atoms with Gasteiger partial charge in [-0.1, -0.05) is 23.8 Å². The molecule has 0 bridgehead atoms. The fourth-order valence-electron chi connectivity index (χ4n) is 2.17.